The number of anilines is 1. The maximum Gasteiger partial charge on any atom is 0.163 e. The number of nitrogens with zero attached hydrogens (tertiary/aromatic N) is 1. The summed E-state index contributed by atoms with van der Waals surface area (Å²) < 4.78 is 5.17. The number of ether oxygens (including phenoxy) is 1. The Labute approximate surface area is 70.1 Å². The lowest BCUT2D eigenvalue weighted by Crippen LogP contribution is -1.97. The van der Waals surface area contributed by atoms with Crippen LogP contribution in [0.5, 0.6) is 5.75 Å². The van der Waals surface area contributed by atoms with Gasteiger partial charge in [0.1, 0.15) is 5.02 Å². The third-order valence-corrected chi connectivity index (χ3v) is 1.44. The molecule has 0 aliphatic carbocycles. The van der Waals surface area contributed by atoms with E-state index in [2.05, 4.69) is 4.98 Å². The predicted molar refractivity (Wildman–Crippen MR) is 44.8 cm³/mol. The monoisotopic (exact) mass is 172 g/mol. The van der Waals surface area contributed by atoms with Gasteiger partial charge in [-0.3, -0.25) is 4.98 Å². The Bertz CT molecular complexity index is 232. The first-order chi connectivity index (χ1) is 5.25. The fourth-order valence-electron chi connectivity index (χ4n) is 0.735. The van der Waals surface area contributed by atoms with Crippen molar-refractivity contribution in [2.24, 2.45) is 0 Å². The molecule has 0 atom stereocenters. The van der Waals surface area contributed by atoms with Crippen LogP contribution in [0.3, 0.4) is 0 Å². The molecule has 0 fully saturated rings. The number of aromatic nitrogens is 1. The fourth-order valence-corrected chi connectivity index (χ4v) is 0.955. The first kappa shape index (κ1) is 8.14. The summed E-state index contributed by atoms with van der Waals surface area (Å²) in [5.41, 5.74) is 6.01. The Hall–Kier alpha value is -0.960. The Morgan fingerprint density at radius 3 is 2.91 bits per heavy atom. The van der Waals surface area contributed by atoms with Gasteiger partial charge in [0, 0.05) is 6.20 Å². The molecule has 11 heavy (non-hydrogen) atoms. The number of hydrogen-bond donors (Lipinski definition) is 1. The molecule has 4 heteroatoms. The van der Waals surface area contributed by atoms with Crippen LogP contribution < -0.4 is 10.5 Å². The minimum atomic E-state index is 0.451. The second-order valence-electron chi connectivity index (χ2n) is 1.97. The largest absolute Gasteiger partial charge is 0.490 e. The van der Waals surface area contributed by atoms with E-state index in [0.717, 1.165) is 0 Å². The highest BCUT2D eigenvalue weighted by Gasteiger charge is 2.04. The smallest absolute Gasteiger partial charge is 0.163 e. The van der Waals surface area contributed by atoms with E-state index in [0.29, 0.717) is 23.1 Å². The number of pyridine rings is 1. The van der Waals surface area contributed by atoms with Crippen LogP contribution in [0.25, 0.3) is 0 Å². The molecule has 60 valence electrons. The van der Waals surface area contributed by atoms with Gasteiger partial charge in [-0.2, -0.15) is 0 Å². The molecule has 0 bridgehead atoms. The van der Waals surface area contributed by atoms with Crippen molar-refractivity contribution < 1.29 is 4.74 Å². The number of rotatable bonds is 2. The summed E-state index contributed by atoms with van der Waals surface area (Å²) in [7, 11) is 0. The van der Waals surface area contributed by atoms with Gasteiger partial charge in [0.25, 0.3) is 0 Å². The van der Waals surface area contributed by atoms with Crippen molar-refractivity contribution in [2.75, 3.05) is 12.3 Å². The second-order valence-corrected chi connectivity index (χ2v) is 2.38. The molecule has 1 aromatic heterocycles. The summed E-state index contributed by atoms with van der Waals surface area (Å²) in [6.07, 6.45) is 3.01. The summed E-state index contributed by atoms with van der Waals surface area (Å²) in [5, 5.41) is 0.451. The van der Waals surface area contributed by atoms with E-state index in [-0.39, 0.29) is 0 Å². The summed E-state index contributed by atoms with van der Waals surface area (Å²) in [6, 6.07) is 0. The first-order valence-corrected chi connectivity index (χ1v) is 3.65. The summed E-state index contributed by atoms with van der Waals surface area (Å²) >= 11 is 5.74. The van der Waals surface area contributed by atoms with Gasteiger partial charge in [0.2, 0.25) is 0 Å². The zero-order valence-corrected chi connectivity index (χ0v) is 6.93. The molecule has 0 spiro atoms. The fraction of sp³-hybridized carbons (Fsp3) is 0.286. The van der Waals surface area contributed by atoms with Crippen LogP contribution in [0.2, 0.25) is 5.02 Å². The predicted octanol–water partition coefficient (Wildman–Crippen LogP) is 1.72. The van der Waals surface area contributed by atoms with Gasteiger partial charge in [-0.1, -0.05) is 11.6 Å². The molecular weight excluding hydrogens is 164 g/mol. The van der Waals surface area contributed by atoms with Crippen molar-refractivity contribution in [1.29, 1.82) is 0 Å². The molecule has 2 N–H and O–H groups in total. The van der Waals surface area contributed by atoms with Crippen molar-refractivity contribution >= 4 is 17.3 Å². The van der Waals surface area contributed by atoms with Crippen molar-refractivity contribution in [2.45, 2.75) is 6.92 Å². The zero-order chi connectivity index (χ0) is 8.27. The third kappa shape index (κ3) is 1.74. The lowest BCUT2D eigenvalue weighted by atomic mass is 10.4. The molecule has 0 amide bonds. The van der Waals surface area contributed by atoms with Crippen molar-refractivity contribution in [1.82, 2.24) is 4.98 Å². The van der Waals surface area contributed by atoms with Crippen molar-refractivity contribution in [3.8, 4) is 5.75 Å². The van der Waals surface area contributed by atoms with E-state index < -0.39 is 0 Å². The molecule has 0 saturated carbocycles. The summed E-state index contributed by atoms with van der Waals surface area (Å²) in [5.74, 6) is 0.518. The van der Waals surface area contributed by atoms with Crippen LogP contribution in [0.15, 0.2) is 12.4 Å². The normalized spacial score (nSPS) is 9.64. The number of hydrogen-bond acceptors (Lipinski definition) is 3. The van der Waals surface area contributed by atoms with Gasteiger partial charge in [-0.25, -0.2) is 0 Å². The lowest BCUT2D eigenvalue weighted by Gasteiger charge is -2.06. The van der Waals surface area contributed by atoms with Gasteiger partial charge in [0.05, 0.1) is 18.5 Å². The Balaban J connectivity index is 3.00. The van der Waals surface area contributed by atoms with Gasteiger partial charge < -0.3 is 10.5 Å². The minimum absolute atomic E-state index is 0.451. The third-order valence-electron chi connectivity index (χ3n) is 1.17. The van der Waals surface area contributed by atoms with Crippen molar-refractivity contribution in [3.05, 3.63) is 17.4 Å². The van der Waals surface area contributed by atoms with E-state index >= 15 is 0 Å². The summed E-state index contributed by atoms with van der Waals surface area (Å²) in [4.78, 5) is 3.79. The van der Waals surface area contributed by atoms with Crippen LogP contribution in [-0.4, -0.2) is 11.6 Å². The molecule has 1 heterocycles. The van der Waals surface area contributed by atoms with Gasteiger partial charge >= 0.3 is 0 Å². The van der Waals surface area contributed by atoms with Crippen LogP contribution >= 0.6 is 11.6 Å². The molecule has 1 aromatic rings. The van der Waals surface area contributed by atoms with E-state index in [1.165, 1.54) is 12.4 Å². The molecule has 1 rings (SSSR count). The van der Waals surface area contributed by atoms with E-state index in [9.17, 15) is 0 Å². The average molecular weight is 173 g/mol. The standard InChI is InChI=1S/C7H9ClN2O/c1-2-11-7-5(8)3-10-4-6(7)9/h3-4H,2,9H2,1H3. The maximum absolute atomic E-state index is 5.74. The molecule has 0 aliphatic heterocycles. The van der Waals surface area contributed by atoms with Crippen LogP contribution in [0.1, 0.15) is 6.92 Å². The highest BCUT2D eigenvalue weighted by Crippen LogP contribution is 2.28. The molecule has 0 saturated heterocycles. The Kier molecular flexibility index (Phi) is 2.54. The first-order valence-electron chi connectivity index (χ1n) is 3.27. The van der Waals surface area contributed by atoms with Gasteiger partial charge in [0.15, 0.2) is 5.75 Å². The van der Waals surface area contributed by atoms with E-state index in [4.69, 9.17) is 22.1 Å². The van der Waals surface area contributed by atoms with Gasteiger partial charge in [-0.15, -0.1) is 0 Å². The number of nitrogens with two attached hydrogens (primary N) is 1. The Morgan fingerprint density at radius 2 is 2.36 bits per heavy atom. The van der Waals surface area contributed by atoms with Crippen LogP contribution in [0, 0.1) is 0 Å². The SMILES string of the molecule is CCOc1c(N)cncc1Cl. The molecule has 0 unspecified atom stereocenters. The van der Waals surface area contributed by atoms with Crippen molar-refractivity contribution in [3.63, 3.8) is 0 Å². The second kappa shape index (κ2) is 3.44. The number of nitrogen functional groups attached to an aromatic ring is 1. The topological polar surface area (TPSA) is 48.1 Å². The molecule has 3 nitrogen and oxygen atoms in total. The van der Waals surface area contributed by atoms with E-state index in [1.54, 1.807) is 0 Å². The lowest BCUT2D eigenvalue weighted by molar-refractivity contribution is 0.342. The quantitative estimate of drug-likeness (QED) is 0.739. The van der Waals surface area contributed by atoms with Gasteiger partial charge in [-0.05, 0) is 6.92 Å². The number of halogens is 1. The molecular formula is C7H9ClN2O. The molecule has 0 radical (unpaired) electrons. The van der Waals surface area contributed by atoms with Crippen LogP contribution in [0.4, 0.5) is 5.69 Å². The Morgan fingerprint density at radius 1 is 1.64 bits per heavy atom. The minimum Gasteiger partial charge on any atom is -0.490 e. The highest BCUT2D eigenvalue weighted by molar-refractivity contribution is 6.32. The van der Waals surface area contributed by atoms with Crippen LogP contribution in [-0.2, 0) is 0 Å². The summed E-state index contributed by atoms with van der Waals surface area (Å²) in [6.45, 7) is 2.42. The highest BCUT2D eigenvalue weighted by atomic mass is 35.5. The molecule has 0 aromatic carbocycles. The van der Waals surface area contributed by atoms with E-state index in [1.807, 2.05) is 6.92 Å². The molecule has 0 aliphatic rings. The average Bonchev–Trinajstić information content (AvgIpc) is 1.97. The maximum atomic E-state index is 5.74. The zero-order valence-electron chi connectivity index (χ0n) is 6.17.